The number of carboxylic acids is 1. The number of unbranched alkanes of at least 4 members (excludes halogenated alkanes) is 2. The summed E-state index contributed by atoms with van der Waals surface area (Å²) in [6.07, 6.45) is 16.6. The molecule has 0 bridgehead atoms. The van der Waals surface area contributed by atoms with Crippen LogP contribution in [0.15, 0.2) is 125 Å². The van der Waals surface area contributed by atoms with Gasteiger partial charge in [-0.2, -0.15) is 4.58 Å². The third kappa shape index (κ3) is 10.4. The van der Waals surface area contributed by atoms with E-state index in [1.165, 1.54) is 46.8 Å². The van der Waals surface area contributed by atoms with Crippen LogP contribution in [-0.2, 0) is 25.7 Å². The number of carboxylic acid groups (broad SMARTS) is 1. The summed E-state index contributed by atoms with van der Waals surface area (Å²) < 4.78 is 44.4. The van der Waals surface area contributed by atoms with Crippen LogP contribution in [-0.4, -0.2) is 42.3 Å². The molecule has 0 radical (unpaired) electrons. The third-order valence-corrected chi connectivity index (χ3v) is 12.5. The Morgan fingerprint density at radius 3 is 2.21 bits per heavy atom. The minimum Gasteiger partial charge on any atom is -0.744 e. The fourth-order valence-corrected chi connectivity index (χ4v) is 9.09. The Bertz CT molecular complexity index is 2220. The molecule has 296 valence electrons. The Labute approximate surface area is 390 Å². The number of fused-ring (bicyclic) bond motifs is 2. The van der Waals surface area contributed by atoms with Crippen LogP contribution in [0.2, 0.25) is 0 Å². The second-order valence-corrected chi connectivity index (χ2v) is 17.3. The maximum absolute atomic E-state index is 11.7. The number of ether oxygens (including phenoxy) is 1. The molecule has 8 nitrogen and oxygen atoms in total. The van der Waals surface area contributed by atoms with E-state index in [-0.39, 0.29) is 75.8 Å². The van der Waals surface area contributed by atoms with Gasteiger partial charge in [0.05, 0.1) is 10.3 Å². The zero-order valence-electron chi connectivity index (χ0n) is 35.5. The van der Waals surface area contributed by atoms with Crippen molar-refractivity contribution in [3.63, 3.8) is 0 Å². The Morgan fingerprint density at radius 2 is 1.53 bits per heavy atom. The first-order valence-electron chi connectivity index (χ1n) is 20.2. The van der Waals surface area contributed by atoms with E-state index in [0.29, 0.717) is 24.4 Å². The van der Waals surface area contributed by atoms with E-state index in [1.54, 1.807) is 0 Å². The molecule has 0 spiro atoms. The van der Waals surface area contributed by atoms with Gasteiger partial charge in [-0.15, -0.1) is 0 Å². The number of carbonyl (C=O) groups excluding carboxylic acids is 1. The SMILES string of the molecule is CCCCN1/C(=C/C=C2\CCCC(/C=C/C3=[N+](CCCC)c4ccccc4C3(C)C)=C2Oc2ccc(S(=O)(=O)[O-])cc2)C(C)(CCCC(=O)[O-])c2ccccc21.[Na+].[Na+]. The van der Waals surface area contributed by atoms with Crippen molar-refractivity contribution in [2.45, 2.75) is 115 Å². The second-order valence-electron chi connectivity index (χ2n) is 15.9. The van der Waals surface area contributed by atoms with Crippen molar-refractivity contribution in [3.8, 4) is 5.75 Å². The maximum Gasteiger partial charge on any atom is 1.00 e. The molecule has 11 heteroatoms. The number of nitrogens with zero attached hydrogens (tertiary/aromatic N) is 2. The normalized spacial score (nSPS) is 20.0. The molecule has 0 amide bonds. The van der Waals surface area contributed by atoms with Gasteiger partial charge in [-0.05, 0) is 125 Å². The quantitative estimate of drug-likeness (QED) is 0.124. The zero-order valence-corrected chi connectivity index (χ0v) is 40.3. The first-order valence-corrected chi connectivity index (χ1v) is 21.6. The molecule has 3 aromatic rings. The van der Waals surface area contributed by atoms with Gasteiger partial charge in [0.15, 0.2) is 5.71 Å². The monoisotopic (exact) mass is 821 g/mol. The summed E-state index contributed by atoms with van der Waals surface area (Å²) in [6, 6.07) is 22.7. The van der Waals surface area contributed by atoms with Crippen LogP contribution in [0.5, 0.6) is 5.75 Å². The molecule has 0 N–H and O–H groups in total. The molecule has 0 saturated carbocycles. The van der Waals surface area contributed by atoms with Crippen LogP contribution >= 0.6 is 0 Å². The smallest absolute Gasteiger partial charge is 0.744 e. The average molecular weight is 822 g/mol. The Balaban J connectivity index is 0.00000372. The first kappa shape index (κ1) is 47.9. The number of allylic oxidation sites excluding steroid dienone is 7. The van der Waals surface area contributed by atoms with Crippen molar-refractivity contribution < 1.29 is 91.3 Å². The molecule has 2 heterocycles. The summed E-state index contributed by atoms with van der Waals surface area (Å²) in [6.45, 7) is 12.9. The van der Waals surface area contributed by atoms with E-state index in [2.05, 4.69) is 117 Å². The number of anilines is 1. The van der Waals surface area contributed by atoms with E-state index in [1.807, 2.05) is 0 Å². The molecule has 6 rings (SSSR count). The van der Waals surface area contributed by atoms with E-state index >= 15 is 0 Å². The minimum atomic E-state index is -4.61. The zero-order chi connectivity index (χ0) is 40.1. The van der Waals surface area contributed by atoms with Gasteiger partial charge in [-0.3, -0.25) is 0 Å². The topological polar surface area (TPSA) is 113 Å². The molecular formula is C47H55N2Na2O6S+. The van der Waals surface area contributed by atoms with E-state index < -0.39 is 21.5 Å². The van der Waals surface area contributed by atoms with Gasteiger partial charge >= 0.3 is 59.1 Å². The van der Waals surface area contributed by atoms with Crippen LogP contribution in [0.4, 0.5) is 11.4 Å². The number of aliphatic carboxylic acids is 1. The summed E-state index contributed by atoms with van der Waals surface area (Å²) in [5.41, 5.74) is 8.66. The first-order chi connectivity index (χ1) is 26.8. The third-order valence-electron chi connectivity index (χ3n) is 11.7. The predicted molar refractivity (Wildman–Crippen MR) is 220 cm³/mol. The number of rotatable bonds is 16. The molecule has 0 aromatic heterocycles. The van der Waals surface area contributed by atoms with E-state index in [4.69, 9.17) is 4.74 Å². The van der Waals surface area contributed by atoms with Crippen LogP contribution in [0, 0.1) is 0 Å². The molecule has 3 aromatic carbocycles. The van der Waals surface area contributed by atoms with Crippen molar-refractivity contribution in [1.82, 2.24) is 0 Å². The average Bonchev–Trinajstić information content (AvgIpc) is 3.54. The van der Waals surface area contributed by atoms with Crippen LogP contribution < -0.4 is 73.9 Å². The fourth-order valence-electron chi connectivity index (χ4n) is 8.62. The minimum absolute atomic E-state index is 0. The molecule has 0 fully saturated rings. The van der Waals surface area contributed by atoms with Crippen molar-refractivity contribution in [2.75, 3.05) is 18.0 Å². The summed E-state index contributed by atoms with van der Waals surface area (Å²) in [4.78, 5) is 13.6. The van der Waals surface area contributed by atoms with Crippen LogP contribution in [0.25, 0.3) is 0 Å². The van der Waals surface area contributed by atoms with Crippen molar-refractivity contribution in [1.29, 1.82) is 0 Å². The summed E-state index contributed by atoms with van der Waals surface area (Å²) in [7, 11) is -4.61. The van der Waals surface area contributed by atoms with Gasteiger partial charge in [0.1, 0.15) is 28.2 Å². The van der Waals surface area contributed by atoms with Crippen LogP contribution in [0.1, 0.15) is 110 Å². The molecule has 3 aliphatic rings. The predicted octanol–water partition coefficient (Wildman–Crippen LogP) is 3.16. The van der Waals surface area contributed by atoms with Gasteiger partial charge in [-0.25, -0.2) is 8.42 Å². The number of hydrogen-bond donors (Lipinski definition) is 0. The van der Waals surface area contributed by atoms with Crippen molar-refractivity contribution in [3.05, 3.63) is 131 Å². The Hall–Kier alpha value is -2.73. The van der Waals surface area contributed by atoms with Gasteiger partial charge in [-0.1, -0.05) is 69.2 Å². The Morgan fingerprint density at radius 1 is 0.862 bits per heavy atom. The molecule has 0 saturated heterocycles. The second kappa shape index (κ2) is 20.7. The largest absolute Gasteiger partial charge is 1.00 e. The molecule has 1 atom stereocenters. The number of carbonyl (C=O) groups is 1. The summed E-state index contributed by atoms with van der Waals surface area (Å²) in [5.74, 6) is 0.113. The van der Waals surface area contributed by atoms with Crippen molar-refractivity contribution in [2.24, 2.45) is 0 Å². The fraction of sp³-hybridized carbons (Fsp3) is 0.404. The van der Waals surface area contributed by atoms with Gasteiger partial charge in [0.25, 0.3) is 0 Å². The van der Waals surface area contributed by atoms with Gasteiger partial charge < -0.3 is 24.1 Å². The number of hydrogen-bond acceptors (Lipinski definition) is 7. The number of para-hydroxylation sites is 2. The molecule has 1 unspecified atom stereocenters. The molecule has 58 heavy (non-hydrogen) atoms. The maximum atomic E-state index is 11.7. The van der Waals surface area contributed by atoms with Crippen molar-refractivity contribution >= 4 is 33.2 Å². The van der Waals surface area contributed by atoms with E-state index in [9.17, 15) is 22.9 Å². The van der Waals surface area contributed by atoms with Crippen LogP contribution in [0.3, 0.4) is 0 Å². The standard InChI is InChI=1S/C47H56N2O6S.2Na/c1-6-8-32-48-40-20-12-10-18-38(40)46(3,4)42(48)29-23-34-16-14-17-35(45(34)55-36-25-27-37(28-26-36)56(52,53)54)24-30-43-47(5,31-15-22-44(50)51)39-19-11-13-21-41(39)49(43)33-9-7-2;;/h10-13,18-21,23-30H,6-9,14-17,22,31-33H2,1-5H3,(H-,50,51,52,53,54);;/q;2*+1/p-1. The molecular weight excluding hydrogens is 767 g/mol. The summed E-state index contributed by atoms with van der Waals surface area (Å²) >= 11 is 0. The molecule has 1 aliphatic carbocycles. The summed E-state index contributed by atoms with van der Waals surface area (Å²) in [5, 5.41) is 11.5. The Kier molecular flexibility index (Phi) is 17.1. The van der Waals surface area contributed by atoms with E-state index in [0.717, 1.165) is 80.6 Å². The van der Waals surface area contributed by atoms with Gasteiger partial charge in [0.2, 0.25) is 5.69 Å². The molecule has 2 aliphatic heterocycles. The van der Waals surface area contributed by atoms with Gasteiger partial charge in [0, 0.05) is 53.4 Å². The number of benzene rings is 3.